The summed E-state index contributed by atoms with van der Waals surface area (Å²) in [7, 11) is 0. The highest BCUT2D eigenvalue weighted by atomic mass is 15.0. The number of hydrogen-bond donors (Lipinski definition) is 1. The normalized spacial score (nSPS) is 35.3. The van der Waals surface area contributed by atoms with Crippen LogP contribution in [0.15, 0.2) is 35.9 Å². The lowest BCUT2D eigenvalue weighted by Crippen LogP contribution is -2.57. The molecule has 1 heteroatoms. The first-order valence-electron chi connectivity index (χ1n) is 8.00. The summed E-state index contributed by atoms with van der Waals surface area (Å²) in [4.78, 5) is 0. The van der Waals surface area contributed by atoms with Crippen LogP contribution in [0.3, 0.4) is 0 Å². The molecule has 1 N–H and O–H groups in total. The Morgan fingerprint density at radius 1 is 1.35 bits per heavy atom. The molecule has 0 amide bonds. The van der Waals surface area contributed by atoms with Crippen LogP contribution < -0.4 is 5.32 Å². The Morgan fingerprint density at radius 2 is 2.10 bits per heavy atom. The molecule has 1 saturated heterocycles. The molecule has 1 aromatic rings. The number of rotatable bonds is 2. The van der Waals surface area contributed by atoms with E-state index in [2.05, 4.69) is 63.4 Å². The van der Waals surface area contributed by atoms with Crippen LogP contribution in [0.5, 0.6) is 0 Å². The molecule has 1 fully saturated rings. The van der Waals surface area contributed by atoms with E-state index in [0.29, 0.717) is 23.3 Å². The molecular weight excluding hydrogens is 242 g/mol. The minimum Gasteiger partial charge on any atom is -0.313 e. The quantitative estimate of drug-likeness (QED) is 0.785. The largest absolute Gasteiger partial charge is 0.313 e. The van der Waals surface area contributed by atoms with Crippen LogP contribution in [0.1, 0.15) is 57.6 Å². The van der Waals surface area contributed by atoms with Gasteiger partial charge in [0.25, 0.3) is 0 Å². The summed E-state index contributed by atoms with van der Waals surface area (Å²) in [6.45, 7) is 10.5. The standard InChI is InChI=1S/C19H27N/c1-13(2)9-10-16-15-7-5-6-8-17(15)19(4)11-12-20-18(16)14(19)3/h5-9,14,16,18,20H,10-12H2,1-4H3. The third-order valence-electron chi connectivity index (χ3n) is 5.76. The molecule has 0 saturated carbocycles. The molecule has 0 spiro atoms. The minimum atomic E-state index is 0.355. The van der Waals surface area contributed by atoms with Gasteiger partial charge >= 0.3 is 0 Å². The van der Waals surface area contributed by atoms with Gasteiger partial charge in [0.1, 0.15) is 0 Å². The van der Waals surface area contributed by atoms with Gasteiger partial charge < -0.3 is 5.32 Å². The van der Waals surface area contributed by atoms with Gasteiger partial charge in [-0.3, -0.25) is 0 Å². The van der Waals surface area contributed by atoms with Crippen molar-refractivity contribution in [3.05, 3.63) is 47.0 Å². The zero-order chi connectivity index (χ0) is 14.3. The second kappa shape index (κ2) is 5.04. The van der Waals surface area contributed by atoms with Gasteiger partial charge in [-0.25, -0.2) is 0 Å². The summed E-state index contributed by atoms with van der Waals surface area (Å²) in [6, 6.07) is 9.80. The van der Waals surface area contributed by atoms with Crippen LogP contribution in [0, 0.1) is 5.92 Å². The number of fused-ring (bicyclic) bond motifs is 4. The summed E-state index contributed by atoms with van der Waals surface area (Å²) in [5.74, 6) is 1.34. The second-order valence-electron chi connectivity index (χ2n) is 7.15. The van der Waals surface area contributed by atoms with E-state index >= 15 is 0 Å². The van der Waals surface area contributed by atoms with Crippen LogP contribution in [0.4, 0.5) is 0 Å². The topological polar surface area (TPSA) is 12.0 Å². The Labute approximate surface area is 123 Å². The van der Waals surface area contributed by atoms with Crippen molar-refractivity contribution < 1.29 is 0 Å². The maximum Gasteiger partial charge on any atom is 0.0173 e. The van der Waals surface area contributed by atoms with E-state index in [0.717, 1.165) is 13.0 Å². The molecule has 2 bridgehead atoms. The molecule has 4 unspecified atom stereocenters. The zero-order valence-electron chi connectivity index (χ0n) is 13.2. The average molecular weight is 269 g/mol. The number of allylic oxidation sites excluding steroid dienone is 2. The van der Waals surface area contributed by atoms with Crippen LogP contribution >= 0.6 is 0 Å². The molecule has 3 rings (SSSR count). The maximum absolute atomic E-state index is 3.81. The predicted octanol–water partition coefficient (Wildman–Crippen LogP) is 4.40. The lowest BCUT2D eigenvalue weighted by Gasteiger charge is -2.53. The number of piperidine rings is 1. The van der Waals surface area contributed by atoms with E-state index in [1.165, 1.54) is 12.0 Å². The minimum absolute atomic E-state index is 0.355. The van der Waals surface area contributed by atoms with E-state index in [4.69, 9.17) is 0 Å². The molecule has 4 atom stereocenters. The fourth-order valence-electron chi connectivity index (χ4n) is 4.34. The Balaban J connectivity index is 2.08. The van der Waals surface area contributed by atoms with E-state index in [-0.39, 0.29) is 0 Å². The summed E-state index contributed by atoms with van der Waals surface area (Å²) >= 11 is 0. The third kappa shape index (κ3) is 2.03. The predicted molar refractivity (Wildman–Crippen MR) is 86.2 cm³/mol. The molecule has 1 aliphatic carbocycles. The van der Waals surface area contributed by atoms with E-state index < -0.39 is 0 Å². The van der Waals surface area contributed by atoms with Gasteiger partial charge in [0, 0.05) is 12.0 Å². The van der Waals surface area contributed by atoms with E-state index in [1.807, 2.05) is 0 Å². The number of hydrogen-bond acceptors (Lipinski definition) is 1. The first-order valence-corrected chi connectivity index (χ1v) is 8.00. The van der Waals surface area contributed by atoms with Crippen molar-refractivity contribution in [1.29, 1.82) is 0 Å². The Kier molecular flexibility index (Phi) is 3.50. The van der Waals surface area contributed by atoms with Crippen molar-refractivity contribution in [2.75, 3.05) is 6.54 Å². The van der Waals surface area contributed by atoms with Gasteiger partial charge in [-0.15, -0.1) is 0 Å². The van der Waals surface area contributed by atoms with Gasteiger partial charge in [0.2, 0.25) is 0 Å². The lowest BCUT2D eigenvalue weighted by molar-refractivity contribution is 0.135. The summed E-state index contributed by atoms with van der Waals surface area (Å²) in [5, 5.41) is 3.81. The fourth-order valence-corrected chi connectivity index (χ4v) is 4.34. The smallest absolute Gasteiger partial charge is 0.0173 e. The molecule has 1 heterocycles. The van der Waals surface area contributed by atoms with Gasteiger partial charge in [0.05, 0.1) is 0 Å². The first kappa shape index (κ1) is 13.9. The van der Waals surface area contributed by atoms with Gasteiger partial charge in [0.15, 0.2) is 0 Å². The van der Waals surface area contributed by atoms with Crippen LogP contribution in [-0.2, 0) is 5.41 Å². The van der Waals surface area contributed by atoms with Gasteiger partial charge in [-0.05, 0) is 55.7 Å². The fraction of sp³-hybridized carbons (Fsp3) is 0.579. The Bertz CT molecular complexity index is 526. The summed E-state index contributed by atoms with van der Waals surface area (Å²) in [5.41, 5.74) is 4.98. The SMILES string of the molecule is CC(C)=CCC1c2ccccc2C2(C)CCNC1C2C. The van der Waals surface area contributed by atoms with Crippen LogP contribution in [-0.4, -0.2) is 12.6 Å². The zero-order valence-corrected chi connectivity index (χ0v) is 13.2. The molecule has 1 aromatic carbocycles. The molecule has 2 aliphatic rings. The molecule has 108 valence electrons. The summed E-state index contributed by atoms with van der Waals surface area (Å²) < 4.78 is 0. The van der Waals surface area contributed by atoms with Crippen molar-refractivity contribution >= 4 is 0 Å². The third-order valence-corrected chi connectivity index (χ3v) is 5.76. The Hall–Kier alpha value is -1.08. The molecular formula is C19H27N. The molecule has 1 aliphatic heterocycles. The van der Waals surface area contributed by atoms with Crippen LogP contribution in [0.2, 0.25) is 0 Å². The molecule has 0 radical (unpaired) electrons. The van der Waals surface area contributed by atoms with E-state index in [9.17, 15) is 0 Å². The van der Waals surface area contributed by atoms with Gasteiger partial charge in [-0.1, -0.05) is 49.8 Å². The molecule has 1 nitrogen and oxygen atoms in total. The molecule has 20 heavy (non-hydrogen) atoms. The lowest BCUT2D eigenvalue weighted by atomic mass is 9.56. The second-order valence-corrected chi connectivity index (χ2v) is 7.15. The summed E-state index contributed by atoms with van der Waals surface area (Å²) in [6.07, 6.45) is 4.83. The van der Waals surface area contributed by atoms with Crippen molar-refractivity contribution in [2.45, 2.75) is 57.9 Å². The molecule has 0 aromatic heterocycles. The highest BCUT2D eigenvalue weighted by Crippen LogP contribution is 2.51. The van der Waals surface area contributed by atoms with Crippen molar-refractivity contribution in [1.82, 2.24) is 5.32 Å². The van der Waals surface area contributed by atoms with E-state index in [1.54, 1.807) is 11.1 Å². The van der Waals surface area contributed by atoms with Crippen molar-refractivity contribution in [3.63, 3.8) is 0 Å². The average Bonchev–Trinajstić information content (AvgIpc) is 2.42. The highest BCUT2D eigenvalue weighted by molar-refractivity contribution is 5.43. The first-order chi connectivity index (χ1) is 9.54. The monoisotopic (exact) mass is 269 g/mol. The van der Waals surface area contributed by atoms with Crippen LogP contribution in [0.25, 0.3) is 0 Å². The van der Waals surface area contributed by atoms with Crippen molar-refractivity contribution in [2.24, 2.45) is 5.92 Å². The number of benzene rings is 1. The van der Waals surface area contributed by atoms with Gasteiger partial charge in [-0.2, -0.15) is 0 Å². The highest BCUT2D eigenvalue weighted by Gasteiger charge is 2.48. The number of nitrogens with one attached hydrogen (secondary N) is 1. The Morgan fingerprint density at radius 3 is 2.85 bits per heavy atom. The maximum atomic E-state index is 3.81. The van der Waals surface area contributed by atoms with Crippen molar-refractivity contribution in [3.8, 4) is 0 Å².